The van der Waals surface area contributed by atoms with Crippen molar-refractivity contribution in [3.63, 3.8) is 0 Å². The van der Waals surface area contributed by atoms with Crippen LogP contribution in [-0.2, 0) is 4.74 Å². The third kappa shape index (κ3) is 5.38. The summed E-state index contributed by atoms with van der Waals surface area (Å²) in [6.45, 7) is 8.12. The van der Waals surface area contributed by atoms with Crippen molar-refractivity contribution < 1.29 is 14.3 Å². The zero-order chi connectivity index (χ0) is 20.6. The number of hydrogen-bond donors (Lipinski definition) is 1. The highest BCUT2D eigenvalue weighted by Crippen LogP contribution is 2.29. The number of thiocarbonyl (C=S) groups is 1. The second-order valence-electron chi connectivity index (χ2n) is 6.61. The lowest BCUT2D eigenvalue weighted by atomic mass is 10.2. The van der Waals surface area contributed by atoms with Crippen LogP contribution in [0, 0.1) is 0 Å². The third-order valence-corrected chi connectivity index (χ3v) is 5.06. The van der Waals surface area contributed by atoms with Crippen LogP contribution < -0.4 is 15.0 Å². The van der Waals surface area contributed by atoms with Gasteiger partial charge in [0, 0.05) is 31.9 Å². The maximum Gasteiger partial charge on any atom is 0.338 e. The van der Waals surface area contributed by atoms with E-state index in [1.807, 2.05) is 37.3 Å². The topological polar surface area (TPSA) is 54.0 Å². The number of anilines is 2. The minimum atomic E-state index is -0.330. The zero-order valence-electron chi connectivity index (χ0n) is 16.9. The Bertz CT molecular complexity index is 851. The average molecular weight is 414 g/mol. The van der Waals surface area contributed by atoms with Crippen LogP contribution in [0.1, 0.15) is 24.2 Å². The first-order valence-electron chi connectivity index (χ1n) is 9.92. The lowest BCUT2D eigenvalue weighted by Gasteiger charge is -2.38. The van der Waals surface area contributed by atoms with Crippen LogP contribution in [0.3, 0.4) is 0 Å². The molecule has 0 bridgehead atoms. The van der Waals surface area contributed by atoms with Crippen LogP contribution in [0.25, 0.3) is 0 Å². The normalized spacial score (nSPS) is 13.7. The molecule has 0 unspecified atom stereocenters. The highest BCUT2D eigenvalue weighted by Gasteiger charge is 2.21. The highest BCUT2D eigenvalue weighted by molar-refractivity contribution is 7.80. The van der Waals surface area contributed by atoms with E-state index in [0.717, 1.165) is 43.3 Å². The van der Waals surface area contributed by atoms with Crippen molar-refractivity contribution in [3.05, 3.63) is 54.1 Å². The molecule has 1 aliphatic heterocycles. The summed E-state index contributed by atoms with van der Waals surface area (Å²) in [4.78, 5) is 16.4. The molecule has 1 N–H and O–H groups in total. The minimum Gasteiger partial charge on any atom is -0.492 e. The molecule has 154 valence electrons. The van der Waals surface area contributed by atoms with E-state index in [9.17, 15) is 4.79 Å². The van der Waals surface area contributed by atoms with Crippen molar-refractivity contribution in [2.24, 2.45) is 0 Å². The molecule has 3 rings (SSSR count). The van der Waals surface area contributed by atoms with Crippen molar-refractivity contribution in [2.75, 3.05) is 49.6 Å². The smallest absolute Gasteiger partial charge is 0.338 e. The first-order valence-corrected chi connectivity index (χ1v) is 10.3. The lowest BCUT2D eigenvalue weighted by molar-refractivity contribution is 0.0526. The van der Waals surface area contributed by atoms with E-state index >= 15 is 0 Å². The summed E-state index contributed by atoms with van der Waals surface area (Å²) in [5, 5.41) is 3.90. The van der Waals surface area contributed by atoms with Gasteiger partial charge in [-0.1, -0.05) is 18.2 Å². The number of esters is 1. The molecule has 1 fully saturated rings. The molecule has 0 amide bonds. The predicted octanol–water partition coefficient (Wildman–Crippen LogP) is 3.78. The summed E-state index contributed by atoms with van der Waals surface area (Å²) in [6.07, 6.45) is 0. The van der Waals surface area contributed by atoms with Gasteiger partial charge in [-0.25, -0.2) is 4.79 Å². The van der Waals surface area contributed by atoms with Gasteiger partial charge in [0.2, 0.25) is 0 Å². The highest BCUT2D eigenvalue weighted by atomic mass is 32.1. The van der Waals surface area contributed by atoms with Gasteiger partial charge in [0.15, 0.2) is 5.11 Å². The Kier molecular flexibility index (Phi) is 7.30. The summed E-state index contributed by atoms with van der Waals surface area (Å²) in [7, 11) is 0. The molecule has 0 atom stereocenters. The molecule has 0 aliphatic carbocycles. The molecule has 6 nitrogen and oxygen atoms in total. The van der Waals surface area contributed by atoms with Crippen LogP contribution in [0.4, 0.5) is 11.4 Å². The van der Waals surface area contributed by atoms with E-state index in [0.29, 0.717) is 23.9 Å². The van der Waals surface area contributed by atoms with Crippen molar-refractivity contribution in [3.8, 4) is 5.75 Å². The number of carbonyl (C=O) groups is 1. The fourth-order valence-corrected chi connectivity index (χ4v) is 3.59. The Morgan fingerprint density at radius 3 is 2.52 bits per heavy atom. The van der Waals surface area contributed by atoms with E-state index < -0.39 is 0 Å². The van der Waals surface area contributed by atoms with Gasteiger partial charge in [0.1, 0.15) is 5.75 Å². The quantitative estimate of drug-likeness (QED) is 0.571. The molecular weight excluding hydrogens is 386 g/mol. The van der Waals surface area contributed by atoms with Crippen LogP contribution in [0.5, 0.6) is 5.75 Å². The number of carbonyl (C=O) groups excluding carboxylic acids is 1. The molecule has 29 heavy (non-hydrogen) atoms. The standard InChI is InChI=1S/C22H27N3O3S/c1-3-27-20-11-6-5-10-19(20)24-12-14-25(15-13-24)22(29)23-18-9-7-8-17(16-18)21(26)28-4-2/h5-11,16H,3-4,12-15H2,1-2H3,(H,23,29). The van der Waals surface area contributed by atoms with E-state index in [2.05, 4.69) is 21.2 Å². The average Bonchev–Trinajstić information content (AvgIpc) is 2.75. The Labute approximate surface area is 177 Å². The first-order chi connectivity index (χ1) is 14.1. The van der Waals surface area contributed by atoms with Gasteiger partial charge in [0.05, 0.1) is 24.5 Å². The summed E-state index contributed by atoms with van der Waals surface area (Å²) in [5.74, 6) is 0.587. The number of para-hydroxylation sites is 2. The Balaban J connectivity index is 1.58. The van der Waals surface area contributed by atoms with Crippen molar-refractivity contribution in [1.82, 2.24) is 4.90 Å². The summed E-state index contributed by atoms with van der Waals surface area (Å²) in [5.41, 5.74) is 2.41. The van der Waals surface area contributed by atoms with E-state index in [4.69, 9.17) is 21.7 Å². The van der Waals surface area contributed by atoms with Gasteiger partial charge in [-0.2, -0.15) is 0 Å². The number of hydrogen-bond acceptors (Lipinski definition) is 5. The summed E-state index contributed by atoms with van der Waals surface area (Å²) >= 11 is 5.59. The molecule has 1 heterocycles. The molecule has 0 saturated carbocycles. The van der Waals surface area contributed by atoms with Crippen molar-refractivity contribution >= 4 is 34.7 Å². The molecule has 1 saturated heterocycles. The van der Waals surface area contributed by atoms with E-state index in [1.54, 1.807) is 19.1 Å². The van der Waals surface area contributed by atoms with Crippen LogP contribution in [-0.4, -0.2) is 55.4 Å². The molecule has 1 aliphatic rings. The second kappa shape index (κ2) is 10.1. The maximum absolute atomic E-state index is 11.9. The minimum absolute atomic E-state index is 0.330. The van der Waals surface area contributed by atoms with Crippen molar-refractivity contribution in [1.29, 1.82) is 0 Å². The molecule has 0 aromatic heterocycles. The Hall–Kier alpha value is -2.80. The van der Waals surface area contributed by atoms with Crippen LogP contribution in [0.2, 0.25) is 0 Å². The lowest BCUT2D eigenvalue weighted by Crippen LogP contribution is -2.50. The summed E-state index contributed by atoms with van der Waals surface area (Å²) in [6, 6.07) is 15.3. The van der Waals surface area contributed by atoms with E-state index in [1.165, 1.54) is 0 Å². The summed E-state index contributed by atoms with van der Waals surface area (Å²) < 4.78 is 10.8. The predicted molar refractivity (Wildman–Crippen MR) is 120 cm³/mol. The Morgan fingerprint density at radius 2 is 1.79 bits per heavy atom. The van der Waals surface area contributed by atoms with Crippen LogP contribution in [0.15, 0.2) is 48.5 Å². The van der Waals surface area contributed by atoms with Crippen LogP contribution >= 0.6 is 12.2 Å². The molecule has 7 heteroatoms. The maximum atomic E-state index is 11.9. The number of benzene rings is 2. The largest absolute Gasteiger partial charge is 0.492 e. The first kappa shape index (κ1) is 20.9. The molecular formula is C22H27N3O3S. The fraction of sp³-hybridized carbons (Fsp3) is 0.364. The van der Waals surface area contributed by atoms with Gasteiger partial charge in [0.25, 0.3) is 0 Å². The monoisotopic (exact) mass is 413 g/mol. The number of piperazine rings is 1. The SMILES string of the molecule is CCOC(=O)c1cccc(NC(=S)N2CCN(c3ccccc3OCC)CC2)c1. The van der Waals surface area contributed by atoms with Gasteiger partial charge in [-0.3, -0.25) is 0 Å². The van der Waals surface area contributed by atoms with Gasteiger partial charge in [-0.05, 0) is 56.4 Å². The zero-order valence-corrected chi connectivity index (χ0v) is 17.7. The van der Waals surface area contributed by atoms with E-state index in [-0.39, 0.29) is 5.97 Å². The number of rotatable bonds is 6. The third-order valence-electron chi connectivity index (χ3n) is 4.70. The van der Waals surface area contributed by atoms with Gasteiger partial charge in [-0.15, -0.1) is 0 Å². The van der Waals surface area contributed by atoms with Crippen molar-refractivity contribution in [2.45, 2.75) is 13.8 Å². The van der Waals surface area contributed by atoms with Gasteiger partial charge >= 0.3 is 5.97 Å². The fourth-order valence-electron chi connectivity index (χ4n) is 3.29. The van der Waals surface area contributed by atoms with Gasteiger partial charge < -0.3 is 24.6 Å². The number of nitrogens with one attached hydrogen (secondary N) is 1. The molecule has 2 aromatic rings. The number of nitrogens with zero attached hydrogens (tertiary/aromatic N) is 2. The number of ether oxygens (including phenoxy) is 2. The molecule has 0 spiro atoms. The molecule has 0 radical (unpaired) electrons. The Morgan fingerprint density at radius 1 is 1.03 bits per heavy atom. The molecule has 2 aromatic carbocycles. The second-order valence-corrected chi connectivity index (χ2v) is 6.99.